The van der Waals surface area contributed by atoms with E-state index in [9.17, 15) is 4.39 Å². The van der Waals surface area contributed by atoms with Crippen molar-refractivity contribution < 1.29 is 4.39 Å². The van der Waals surface area contributed by atoms with Crippen LogP contribution < -0.4 is 5.32 Å². The Bertz CT molecular complexity index is 422. The zero-order valence-corrected chi connectivity index (χ0v) is 12.0. The molecular formula is C16H24FN. The number of hydrogen-bond donors (Lipinski definition) is 1. The molecule has 0 saturated heterocycles. The third-order valence-corrected chi connectivity index (χ3v) is 5.05. The Hall–Kier alpha value is -0.890. The maximum atomic E-state index is 13.3. The van der Waals surface area contributed by atoms with E-state index >= 15 is 0 Å². The van der Waals surface area contributed by atoms with Gasteiger partial charge in [0.05, 0.1) is 0 Å². The van der Waals surface area contributed by atoms with Crippen LogP contribution in [0.5, 0.6) is 0 Å². The fourth-order valence-electron chi connectivity index (χ4n) is 2.99. The van der Waals surface area contributed by atoms with E-state index in [2.05, 4.69) is 39.9 Å². The van der Waals surface area contributed by atoms with Crippen LogP contribution in [0.15, 0.2) is 24.3 Å². The van der Waals surface area contributed by atoms with E-state index in [0.29, 0.717) is 16.9 Å². The summed E-state index contributed by atoms with van der Waals surface area (Å²) in [5.74, 6) is -0.151. The molecule has 0 aliphatic heterocycles. The van der Waals surface area contributed by atoms with Crippen molar-refractivity contribution in [2.75, 3.05) is 0 Å². The molecule has 1 aliphatic rings. The third-order valence-electron chi connectivity index (χ3n) is 5.05. The first kappa shape index (κ1) is 13.5. The van der Waals surface area contributed by atoms with Crippen LogP contribution in [0.25, 0.3) is 0 Å². The van der Waals surface area contributed by atoms with Gasteiger partial charge in [0.2, 0.25) is 0 Å². The van der Waals surface area contributed by atoms with Gasteiger partial charge in [0.15, 0.2) is 0 Å². The van der Waals surface area contributed by atoms with E-state index in [-0.39, 0.29) is 11.9 Å². The van der Waals surface area contributed by atoms with E-state index in [1.54, 1.807) is 12.1 Å². The monoisotopic (exact) mass is 249 g/mol. The molecule has 1 aromatic rings. The lowest BCUT2D eigenvalue weighted by atomic mass is 10.0. The molecule has 1 fully saturated rings. The summed E-state index contributed by atoms with van der Waals surface area (Å²) in [5, 5.41) is 3.70. The van der Waals surface area contributed by atoms with Crippen molar-refractivity contribution >= 4 is 0 Å². The second-order valence-corrected chi connectivity index (χ2v) is 6.56. The Morgan fingerprint density at radius 2 is 1.83 bits per heavy atom. The third kappa shape index (κ3) is 2.07. The first-order chi connectivity index (χ1) is 8.30. The van der Waals surface area contributed by atoms with E-state index in [1.165, 1.54) is 6.07 Å². The van der Waals surface area contributed by atoms with E-state index in [1.807, 2.05) is 6.07 Å². The smallest absolute Gasteiger partial charge is 0.123 e. The van der Waals surface area contributed by atoms with Crippen LogP contribution in [0.3, 0.4) is 0 Å². The average molecular weight is 249 g/mol. The summed E-state index contributed by atoms with van der Waals surface area (Å²) in [6.07, 6.45) is 0.978. The van der Waals surface area contributed by atoms with Crippen molar-refractivity contribution in [3.63, 3.8) is 0 Å². The molecule has 100 valence electrons. The minimum absolute atomic E-state index is 0.151. The number of halogens is 1. The molecule has 0 heterocycles. The Morgan fingerprint density at radius 3 is 2.28 bits per heavy atom. The van der Waals surface area contributed by atoms with Gasteiger partial charge in [-0.25, -0.2) is 4.39 Å². The summed E-state index contributed by atoms with van der Waals surface area (Å²) in [5.41, 5.74) is 1.68. The molecule has 1 saturated carbocycles. The topological polar surface area (TPSA) is 12.0 Å². The second-order valence-electron chi connectivity index (χ2n) is 6.56. The predicted molar refractivity (Wildman–Crippen MR) is 73.9 cm³/mol. The molecule has 2 rings (SSSR count). The minimum Gasteiger partial charge on any atom is -0.306 e. The van der Waals surface area contributed by atoms with Gasteiger partial charge in [-0.05, 0) is 34.9 Å². The van der Waals surface area contributed by atoms with Gasteiger partial charge in [-0.3, -0.25) is 0 Å². The highest BCUT2D eigenvalue weighted by atomic mass is 19.1. The molecule has 0 spiro atoms. The standard InChI is InChI=1S/C16H24FN/c1-6-13(11-8-7-9-12(17)10-11)18-14-15(2,3)16(14,4)5/h7-10,13-14,18H,6H2,1-5H3. The molecule has 1 N–H and O–H groups in total. The molecule has 0 bridgehead atoms. The van der Waals surface area contributed by atoms with Crippen molar-refractivity contribution in [1.29, 1.82) is 0 Å². The average Bonchev–Trinajstić information content (AvgIpc) is 2.67. The fraction of sp³-hybridized carbons (Fsp3) is 0.625. The van der Waals surface area contributed by atoms with Gasteiger partial charge in [-0.15, -0.1) is 0 Å². The van der Waals surface area contributed by atoms with Crippen LogP contribution in [0.4, 0.5) is 4.39 Å². The van der Waals surface area contributed by atoms with Crippen LogP contribution >= 0.6 is 0 Å². The van der Waals surface area contributed by atoms with E-state index in [4.69, 9.17) is 0 Å². The molecule has 2 heteroatoms. The molecule has 1 atom stereocenters. The molecule has 1 unspecified atom stereocenters. The number of benzene rings is 1. The van der Waals surface area contributed by atoms with Crippen molar-refractivity contribution in [2.24, 2.45) is 10.8 Å². The lowest BCUT2D eigenvalue weighted by Crippen LogP contribution is -2.27. The maximum absolute atomic E-state index is 13.3. The largest absolute Gasteiger partial charge is 0.306 e. The lowest BCUT2D eigenvalue weighted by molar-refractivity contribution is 0.457. The highest BCUT2D eigenvalue weighted by Gasteiger charge is 2.64. The Balaban J connectivity index is 2.13. The van der Waals surface area contributed by atoms with Gasteiger partial charge < -0.3 is 5.32 Å². The number of nitrogens with one attached hydrogen (secondary N) is 1. The van der Waals surface area contributed by atoms with E-state index in [0.717, 1.165) is 12.0 Å². The summed E-state index contributed by atoms with van der Waals surface area (Å²) >= 11 is 0. The summed E-state index contributed by atoms with van der Waals surface area (Å²) in [6.45, 7) is 11.3. The van der Waals surface area contributed by atoms with Gasteiger partial charge in [0.1, 0.15) is 5.82 Å². The summed E-state index contributed by atoms with van der Waals surface area (Å²) < 4.78 is 13.3. The molecule has 18 heavy (non-hydrogen) atoms. The summed E-state index contributed by atoms with van der Waals surface area (Å²) in [4.78, 5) is 0. The number of hydrogen-bond acceptors (Lipinski definition) is 1. The maximum Gasteiger partial charge on any atom is 0.123 e. The van der Waals surface area contributed by atoms with Crippen molar-refractivity contribution in [2.45, 2.75) is 53.1 Å². The van der Waals surface area contributed by atoms with Gasteiger partial charge >= 0.3 is 0 Å². The van der Waals surface area contributed by atoms with Crippen molar-refractivity contribution in [3.8, 4) is 0 Å². The second kappa shape index (κ2) is 4.34. The van der Waals surface area contributed by atoms with Gasteiger partial charge in [-0.1, -0.05) is 46.8 Å². The summed E-state index contributed by atoms with van der Waals surface area (Å²) in [6, 6.07) is 7.68. The lowest BCUT2D eigenvalue weighted by Gasteiger charge is -2.19. The van der Waals surface area contributed by atoms with Gasteiger partial charge in [0, 0.05) is 12.1 Å². The molecule has 1 aliphatic carbocycles. The van der Waals surface area contributed by atoms with Crippen LogP contribution in [0.2, 0.25) is 0 Å². The predicted octanol–water partition coefficient (Wildman–Crippen LogP) is 4.30. The Morgan fingerprint density at radius 1 is 1.22 bits per heavy atom. The quantitative estimate of drug-likeness (QED) is 0.839. The first-order valence-electron chi connectivity index (χ1n) is 6.82. The number of rotatable bonds is 4. The van der Waals surface area contributed by atoms with Crippen LogP contribution in [0.1, 0.15) is 52.6 Å². The van der Waals surface area contributed by atoms with Crippen LogP contribution in [0, 0.1) is 16.6 Å². The van der Waals surface area contributed by atoms with Crippen molar-refractivity contribution in [3.05, 3.63) is 35.6 Å². The first-order valence-corrected chi connectivity index (χ1v) is 6.82. The zero-order valence-electron chi connectivity index (χ0n) is 12.0. The van der Waals surface area contributed by atoms with Crippen molar-refractivity contribution in [1.82, 2.24) is 5.32 Å². The van der Waals surface area contributed by atoms with Crippen LogP contribution in [-0.4, -0.2) is 6.04 Å². The molecule has 1 aromatic carbocycles. The summed E-state index contributed by atoms with van der Waals surface area (Å²) in [7, 11) is 0. The Kier molecular flexibility index (Phi) is 3.26. The molecular weight excluding hydrogens is 225 g/mol. The fourth-order valence-corrected chi connectivity index (χ4v) is 2.99. The highest BCUT2D eigenvalue weighted by molar-refractivity contribution is 5.24. The SMILES string of the molecule is CCC(NC1C(C)(C)C1(C)C)c1cccc(F)c1. The molecule has 0 radical (unpaired) electrons. The molecule has 1 nitrogen and oxygen atoms in total. The van der Waals surface area contributed by atoms with Gasteiger partial charge in [0.25, 0.3) is 0 Å². The molecule has 0 amide bonds. The Labute approximate surface area is 110 Å². The highest BCUT2D eigenvalue weighted by Crippen LogP contribution is 2.63. The molecule has 0 aromatic heterocycles. The zero-order chi connectivity index (χ0) is 13.6. The normalized spacial score (nSPS) is 22.8. The van der Waals surface area contributed by atoms with Crippen LogP contribution in [-0.2, 0) is 0 Å². The van der Waals surface area contributed by atoms with E-state index < -0.39 is 0 Å². The van der Waals surface area contributed by atoms with Gasteiger partial charge in [-0.2, -0.15) is 0 Å². The minimum atomic E-state index is -0.151.